The van der Waals surface area contributed by atoms with Crippen LogP contribution in [0.3, 0.4) is 0 Å². The third kappa shape index (κ3) is 5.74. The average Bonchev–Trinajstić information content (AvgIpc) is 3.31. The number of benzene rings is 1. The molecule has 7 heteroatoms. The molecule has 1 saturated heterocycles. The van der Waals surface area contributed by atoms with Crippen LogP contribution < -0.4 is 10.1 Å². The normalized spacial score (nSPS) is 16.4. The van der Waals surface area contributed by atoms with Gasteiger partial charge in [0.1, 0.15) is 11.5 Å². The van der Waals surface area contributed by atoms with Crippen molar-refractivity contribution in [3.05, 3.63) is 35.7 Å². The molecule has 0 radical (unpaired) electrons. The van der Waals surface area contributed by atoms with E-state index in [0.717, 1.165) is 42.2 Å². The van der Waals surface area contributed by atoms with E-state index in [9.17, 15) is 4.79 Å². The summed E-state index contributed by atoms with van der Waals surface area (Å²) in [7, 11) is 0. The summed E-state index contributed by atoms with van der Waals surface area (Å²) in [5.74, 6) is 3.27. The van der Waals surface area contributed by atoms with Crippen LogP contribution in [-0.4, -0.2) is 42.5 Å². The molecule has 1 fully saturated rings. The lowest BCUT2D eigenvalue weighted by molar-refractivity contribution is -0.119. The van der Waals surface area contributed by atoms with Crippen molar-refractivity contribution in [1.82, 2.24) is 10.3 Å². The van der Waals surface area contributed by atoms with Gasteiger partial charge in [0.05, 0.1) is 24.2 Å². The molecule has 0 bridgehead atoms. The molecule has 1 aromatic heterocycles. The van der Waals surface area contributed by atoms with E-state index in [1.165, 1.54) is 11.8 Å². The van der Waals surface area contributed by atoms with Crippen molar-refractivity contribution >= 4 is 17.7 Å². The molecule has 1 amide bonds. The molecule has 6 nitrogen and oxygen atoms in total. The Morgan fingerprint density at radius 3 is 2.89 bits per heavy atom. The topological polar surface area (TPSA) is 73.6 Å². The van der Waals surface area contributed by atoms with Crippen LogP contribution in [0.2, 0.25) is 0 Å². The summed E-state index contributed by atoms with van der Waals surface area (Å²) in [5, 5.41) is 2.93. The molecule has 0 unspecified atom stereocenters. The van der Waals surface area contributed by atoms with E-state index in [4.69, 9.17) is 13.9 Å². The average molecular weight is 391 g/mol. The molecule has 1 N–H and O–H groups in total. The molecule has 0 saturated carbocycles. The zero-order valence-corrected chi connectivity index (χ0v) is 16.6. The van der Waals surface area contributed by atoms with E-state index >= 15 is 0 Å². The monoisotopic (exact) mass is 390 g/mol. The van der Waals surface area contributed by atoms with Crippen molar-refractivity contribution in [3.63, 3.8) is 0 Å². The largest absolute Gasteiger partial charge is 0.494 e. The van der Waals surface area contributed by atoms with Crippen molar-refractivity contribution in [1.29, 1.82) is 0 Å². The number of oxazole rings is 1. The fourth-order valence-electron chi connectivity index (χ4n) is 2.87. The number of aromatic nitrogens is 1. The second-order valence-corrected chi connectivity index (χ2v) is 7.40. The van der Waals surface area contributed by atoms with Crippen LogP contribution in [0.15, 0.2) is 28.7 Å². The van der Waals surface area contributed by atoms with Gasteiger partial charge in [-0.1, -0.05) is 0 Å². The molecule has 146 valence electrons. The summed E-state index contributed by atoms with van der Waals surface area (Å²) in [5.41, 5.74) is 1.78. The van der Waals surface area contributed by atoms with E-state index < -0.39 is 0 Å². The molecule has 3 rings (SSSR count). The third-order valence-electron chi connectivity index (χ3n) is 4.33. The SMILES string of the molecule is CCOc1ccc(-c2nc(CSCC(=O)NC[C@H]3CCCO3)c(C)o2)cc1. The standard InChI is InChI=1S/C20H26N2O4S/c1-3-24-16-8-6-15(7-9-16)20-22-18(14(2)26-20)12-27-13-19(23)21-11-17-5-4-10-25-17/h6-9,17H,3-5,10-13H2,1-2H3,(H,21,23)/t17-/m1/s1. The number of carbonyl (C=O) groups excluding carboxylic acids is 1. The predicted octanol–water partition coefficient (Wildman–Crippen LogP) is 3.58. The number of aryl methyl sites for hydroxylation is 1. The Labute approximate surface area is 164 Å². The second kappa shape index (κ2) is 9.80. The van der Waals surface area contributed by atoms with Crippen molar-refractivity contribution in [2.75, 3.05) is 25.5 Å². The van der Waals surface area contributed by atoms with Gasteiger partial charge in [-0.25, -0.2) is 4.98 Å². The van der Waals surface area contributed by atoms with E-state index in [1.54, 1.807) is 0 Å². The maximum absolute atomic E-state index is 11.9. The summed E-state index contributed by atoms with van der Waals surface area (Å²) in [6.07, 6.45) is 2.28. The summed E-state index contributed by atoms with van der Waals surface area (Å²) in [6, 6.07) is 7.69. The highest BCUT2D eigenvalue weighted by molar-refractivity contribution is 7.99. The lowest BCUT2D eigenvalue weighted by Gasteiger charge is -2.10. The zero-order valence-electron chi connectivity index (χ0n) is 15.8. The Hall–Kier alpha value is -1.99. The van der Waals surface area contributed by atoms with Crippen molar-refractivity contribution < 1.29 is 18.7 Å². The minimum absolute atomic E-state index is 0.0309. The van der Waals surface area contributed by atoms with Crippen molar-refractivity contribution in [2.45, 2.75) is 38.5 Å². The van der Waals surface area contributed by atoms with Crippen molar-refractivity contribution in [3.8, 4) is 17.2 Å². The Morgan fingerprint density at radius 1 is 1.37 bits per heavy atom. The first-order chi connectivity index (χ1) is 13.2. The van der Waals surface area contributed by atoms with Gasteiger partial charge in [-0.2, -0.15) is 0 Å². The van der Waals surface area contributed by atoms with Crippen LogP contribution in [-0.2, 0) is 15.3 Å². The van der Waals surface area contributed by atoms with E-state index in [2.05, 4.69) is 10.3 Å². The Bertz CT molecular complexity index is 739. The number of thioether (sulfide) groups is 1. The number of nitrogens with zero attached hydrogens (tertiary/aromatic N) is 1. The first-order valence-electron chi connectivity index (χ1n) is 9.31. The van der Waals surface area contributed by atoms with Gasteiger partial charge in [0, 0.05) is 24.5 Å². The number of nitrogens with one attached hydrogen (secondary N) is 1. The molecule has 1 aromatic carbocycles. The molecular formula is C20H26N2O4S. The molecule has 1 aliphatic rings. The van der Waals surface area contributed by atoms with Gasteiger partial charge in [-0.05, 0) is 51.0 Å². The van der Waals surface area contributed by atoms with Crippen LogP contribution in [0.4, 0.5) is 0 Å². The number of rotatable bonds is 9. The molecule has 27 heavy (non-hydrogen) atoms. The highest BCUT2D eigenvalue weighted by atomic mass is 32.2. The Morgan fingerprint density at radius 2 is 2.19 bits per heavy atom. The second-order valence-electron chi connectivity index (χ2n) is 6.41. The molecule has 1 aliphatic heterocycles. The molecule has 1 atom stereocenters. The van der Waals surface area contributed by atoms with Gasteiger partial charge >= 0.3 is 0 Å². The maximum atomic E-state index is 11.9. The summed E-state index contributed by atoms with van der Waals surface area (Å²) in [4.78, 5) is 16.5. The van der Waals surface area contributed by atoms with Gasteiger partial charge in [-0.3, -0.25) is 4.79 Å². The minimum atomic E-state index is 0.0309. The van der Waals surface area contributed by atoms with Gasteiger partial charge in [0.15, 0.2) is 0 Å². The van der Waals surface area contributed by atoms with E-state index in [0.29, 0.717) is 30.5 Å². The third-order valence-corrected chi connectivity index (χ3v) is 5.27. The molecular weight excluding hydrogens is 364 g/mol. The quantitative estimate of drug-likeness (QED) is 0.706. The molecule has 0 spiro atoms. The first-order valence-corrected chi connectivity index (χ1v) is 10.5. The van der Waals surface area contributed by atoms with Crippen LogP contribution >= 0.6 is 11.8 Å². The number of hydrogen-bond acceptors (Lipinski definition) is 6. The van der Waals surface area contributed by atoms with Crippen LogP contribution in [0.25, 0.3) is 11.5 Å². The van der Waals surface area contributed by atoms with Crippen LogP contribution in [0, 0.1) is 6.92 Å². The summed E-state index contributed by atoms with van der Waals surface area (Å²) >= 11 is 1.53. The number of ether oxygens (including phenoxy) is 2. The smallest absolute Gasteiger partial charge is 0.230 e. The predicted molar refractivity (Wildman–Crippen MR) is 106 cm³/mol. The Kier molecular flexibility index (Phi) is 7.18. The lowest BCUT2D eigenvalue weighted by Crippen LogP contribution is -2.32. The number of carbonyl (C=O) groups is 1. The van der Waals surface area contributed by atoms with Gasteiger partial charge in [0.25, 0.3) is 0 Å². The van der Waals surface area contributed by atoms with Crippen LogP contribution in [0.5, 0.6) is 5.75 Å². The summed E-state index contributed by atoms with van der Waals surface area (Å²) < 4.78 is 16.8. The van der Waals surface area contributed by atoms with Crippen LogP contribution in [0.1, 0.15) is 31.2 Å². The number of amides is 1. The zero-order chi connectivity index (χ0) is 19.1. The fraction of sp³-hybridized carbons (Fsp3) is 0.500. The fourth-order valence-corrected chi connectivity index (χ4v) is 3.72. The highest BCUT2D eigenvalue weighted by Crippen LogP contribution is 2.26. The molecule has 0 aliphatic carbocycles. The van der Waals surface area contributed by atoms with Crippen molar-refractivity contribution in [2.24, 2.45) is 0 Å². The minimum Gasteiger partial charge on any atom is -0.494 e. The lowest BCUT2D eigenvalue weighted by atomic mass is 10.2. The van der Waals surface area contributed by atoms with E-state index in [1.807, 2.05) is 38.1 Å². The highest BCUT2D eigenvalue weighted by Gasteiger charge is 2.16. The van der Waals surface area contributed by atoms with Gasteiger partial charge in [-0.15, -0.1) is 11.8 Å². The maximum Gasteiger partial charge on any atom is 0.230 e. The molecule has 2 heterocycles. The van der Waals surface area contributed by atoms with E-state index in [-0.39, 0.29) is 12.0 Å². The van der Waals surface area contributed by atoms with Gasteiger partial charge < -0.3 is 19.2 Å². The molecule has 2 aromatic rings. The summed E-state index contributed by atoms with van der Waals surface area (Å²) in [6.45, 7) is 5.90. The van der Waals surface area contributed by atoms with Gasteiger partial charge in [0.2, 0.25) is 11.8 Å². The first kappa shape index (κ1) is 19.8. The number of hydrogen-bond donors (Lipinski definition) is 1. The Balaban J connectivity index is 1.47.